The molecule has 10 atom stereocenters. The maximum absolute atomic E-state index is 12.7. The first kappa shape index (κ1) is 37.4. The number of hydrogen-bond donors (Lipinski definition) is 2. The van der Waals surface area contributed by atoms with E-state index in [0.29, 0.717) is 48.3 Å². The van der Waals surface area contributed by atoms with Crippen LogP contribution in [0.25, 0.3) is 0 Å². The van der Waals surface area contributed by atoms with Crippen molar-refractivity contribution in [2.45, 2.75) is 143 Å². The molecule has 2 N–H and O–H groups in total. The number of rotatable bonds is 16. The van der Waals surface area contributed by atoms with Gasteiger partial charge in [-0.1, -0.05) is 88.5 Å². The number of carbonyl (C=O) groups is 2. The Hall–Kier alpha value is -2.40. The summed E-state index contributed by atoms with van der Waals surface area (Å²) in [7, 11) is 0. The molecule has 47 heavy (non-hydrogen) atoms. The molecule has 0 saturated heterocycles. The van der Waals surface area contributed by atoms with Crippen LogP contribution in [0.5, 0.6) is 0 Å². The first-order valence-corrected chi connectivity index (χ1v) is 19.0. The molecule has 4 aliphatic rings. The number of aliphatic hydroxyl groups is 1. The lowest BCUT2D eigenvalue weighted by Crippen LogP contribution is -2.59. The van der Waals surface area contributed by atoms with E-state index in [-0.39, 0.29) is 35.4 Å². The highest BCUT2D eigenvalue weighted by atomic mass is 16.5. The van der Waals surface area contributed by atoms with Crippen molar-refractivity contribution in [2.24, 2.45) is 46.3 Å². The predicted molar refractivity (Wildman–Crippen MR) is 192 cm³/mol. The van der Waals surface area contributed by atoms with E-state index in [1.807, 2.05) is 6.08 Å². The van der Waals surface area contributed by atoms with E-state index in [1.165, 1.54) is 12.8 Å². The van der Waals surface area contributed by atoms with Crippen molar-refractivity contribution in [2.75, 3.05) is 0 Å². The number of carbonyl (C=O) groups excluding carboxylic acids is 1. The zero-order valence-electron chi connectivity index (χ0n) is 29.8. The van der Waals surface area contributed by atoms with Crippen molar-refractivity contribution >= 4 is 11.9 Å². The van der Waals surface area contributed by atoms with Gasteiger partial charge < -0.3 is 14.9 Å². The predicted octanol–water partition coefficient (Wildman–Crippen LogP) is 10.2. The molecule has 0 heterocycles. The molecule has 0 aromatic carbocycles. The first-order chi connectivity index (χ1) is 22.6. The third-order valence-corrected chi connectivity index (χ3v) is 13.0. The summed E-state index contributed by atoms with van der Waals surface area (Å²) in [6.07, 6.45) is 35.7. The van der Waals surface area contributed by atoms with Crippen LogP contribution in [-0.4, -0.2) is 34.4 Å². The Morgan fingerprint density at radius 2 is 1.43 bits per heavy atom. The molecule has 0 aromatic rings. The van der Waals surface area contributed by atoms with Gasteiger partial charge >= 0.3 is 11.9 Å². The maximum atomic E-state index is 12.7. The van der Waals surface area contributed by atoms with Gasteiger partial charge in [0.15, 0.2) is 0 Å². The molecule has 262 valence electrons. The molecule has 4 aliphatic carbocycles. The molecule has 4 rings (SSSR count). The van der Waals surface area contributed by atoms with Crippen molar-refractivity contribution in [3.05, 3.63) is 60.8 Å². The normalized spacial score (nSPS) is 36.3. The Balaban J connectivity index is 1.19. The fourth-order valence-corrected chi connectivity index (χ4v) is 10.5. The fraction of sp³-hybridized carbons (Fsp3) is 0.714. The summed E-state index contributed by atoms with van der Waals surface area (Å²) < 4.78 is 6.01. The van der Waals surface area contributed by atoms with Gasteiger partial charge in [0.2, 0.25) is 0 Å². The average Bonchev–Trinajstić information content (AvgIpc) is 3.41. The SMILES string of the molecule is CC/C=C\C/C=C\C/C=C\C/C=C\C/C=C\CC(=O)OC1CCC2(C)C(CCC3C2CC(O)C2(C)C(C(C)CCC(=O)O)CCC32)C1. The molecule has 0 spiro atoms. The van der Waals surface area contributed by atoms with Crippen molar-refractivity contribution in [3.63, 3.8) is 0 Å². The Morgan fingerprint density at radius 1 is 0.809 bits per heavy atom. The fourth-order valence-electron chi connectivity index (χ4n) is 10.5. The minimum absolute atomic E-state index is 0.00424. The molecule has 0 aliphatic heterocycles. The molecular formula is C42H64O5. The number of fused-ring (bicyclic) bond motifs is 5. The third kappa shape index (κ3) is 9.40. The summed E-state index contributed by atoms with van der Waals surface area (Å²) in [4.78, 5) is 24.0. The Morgan fingerprint density at radius 3 is 2.04 bits per heavy atom. The molecule has 0 bridgehead atoms. The number of allylic oxidation sites excluding steroid dienone is 9. The minimum atomic E-state index is -0.720. The lowest BCUT2D eigenvalue weighted by Gasteiger charge is -2.62. The van der Waals surface area contributed by atoms with E-state index in [9.17, 15) is 19.8 Å². The number of esters is 1. The van der Waals surface area contributed by atoms with Crippen LogP contribution in [0.3, 0.4) is 0 Å². The van der Waals surface area contributed by atoms with Crippen LogP contribution in [0.1, 0.15) is 130 Å². The van der Waals surface area contributed by atoms with Gasteiger partial charge in [-0.05, 0) is 136 Å². The largest absolute Gasteiger partial charge is 0.481 e. The number of carboxylic acid groups (broad SMARTS) is 1. The summed E-state index contributed by atoms with van der Waals surface area (Å²) in [5.74, 6) is 2.08. The van der Waals surface area contributed by atoms with Crippen LogP contribution >= 0.6 is 0 Å². The van der Waals surface area contributed by atoms with Gasteiger partial charge in [-0.3, -0.25) is 9.59 Å². The number of ether oxygens (including phenoxy) is 1. The summed E-state index contributed by atoms with van der Waals surface area (Å²) in [6.45, 7) is 9.16. The zero-order valence-corrected chi connectivity index (χ0v) is 29.8. The molecule has 0 aromatic heterocycles. The van der Waals surface area contributed by atoms with Crippen LogP contribution in [0.15, 0.2) is 60.8 Å². The van der Waals surface area contributed by atoms with Crippen molar-refractivity contribution in [1.29, 1.82) is 0 Å². The molecular weight excluding hydrogens is 584 g/mol. The van der Waals surface area contributed by atoms with Gasteiger partial charge in [0.25, 0.3) is 0 Å². The molecule has 5 heteroatoms. The van der Waals surface area contributed by atoms with E-state index in [4.69, 9.17) is 4.74 Å². The zero-order chi connectivity index (χ0) is 33.9. The lowest BCUT2D eigenvalue weighted by atomic mass is 9.43. The smallest absolute Gasteiger partial charge is 0.309 e. The second kappa shape index (κ2) is 17.8. The highest BCUT2D eigenvalue weighted by Gasteiger charge is 2.63. The number of carboxylic acids is 1. The van der Waals surface area contributed by atoms with E-state index < -0.39 is 5.97 Å². The average molecular weight is 649 g/mol. The van der Waals surface area contributed by atoms with Crippen LogP contribution < -0.4 is 0 Å². The summed E-state index contributed by atoms with van der Waals surface area (Å²) in [5.41, 5.74) is 0.0730. The van der Waals surface area contributed by atoms with Gasteiger partial charge in [0, 0.05) is 6.42 Å². The van der Waals surface area contributed by atoms with E-state index in [0.717, 1.165) is 70.6 Å². The minimum Gasteiger partial charge on any atom is -0.481 e. The lowest BCUT2D eigenvalue weighted by molar-refractivity contribution is -0.181. The van der Waals surface area contributed by atoms with Crippen molar-refractivity contribution in [1.82, 2.24) is 0 Å². The van der Waals surface area contributed by atoms with Gasteiger partial charge in [-0.25, -0.2) is 0 Å². The molecule has 0 amide bonds. The molecule has 4 fully saturated rings. The maximum Gasteiger partial charge on any atom is 0.309 e. The topological polar surface area (TPSA) is 83.8 Å². The van der Waals surface area contributed by atoms with Gasteiger partial charge in [0.1, 0.15) is 6.10 Å². The molecule has 0 radical (unpaired) electrons. The standard InChI is InChI=1S/C42H64O5/c1-5-6-7-8-9-10-11-12-13-14-15-16-17-18-19-20-40(46)47-33-27-28-41(3)32(29-33)22-23-34-36-25-24-35(31(2)21-26-39(44)45)42(36,4)38(43)30-37(34)41/h6-7,9-10,12-13,15-16,18-19,31-38,43H,5,8,11,14,17,20-30H2,1-4H3,(H,44,45)/b7-6-,10-9-,13-12-,16-15-,19-18-. The van der Waals surface area contributed by atoms with Crippen LogP contribution in [0.2, 0.25) is 0 Å². The number of hydrogen-bond acceptors (Lipinski definition) is 4. The van der Waals surface area contributed by atoms with Crippen molar-refractivity contribution < 1.29 is 24.5 Å². The molecule has 4 saturated carbocycles. The number of aliphatic hydroxyl groups excluding tert-OH is 1. The Kier molecular flexibility index (Phi) is 14.2. The van der Waals surface area contributed by atoms with E-state index in [2.05, 4.69) is 82.4 Å². The highest BCUT2D eigenvalue weighted by molar-refractivity contribution is 5.71. The van der Waals surface area contributed by atoms with E-state index in [1.54, 1.807) is 0 Å². The van der Waals surface area contributed by atoms with Gasteiger partial charge in [0.05, 0.1) is 12.5 Å². The van der Waals surface area contributed by atoms with Gasteiger partial charge in [-0.2, -0.15) is 0 Å². The van der Waals surface area contributed by atoms with Gasteiger partial charge in [-0.15, -0.1) is 0 Å². The summed E-state index contributed by atoms with van der Waals surface area (Å²) in [5, 5.41) is 21.0. The Labute approximate surface area is 285 Å². The molecule has 10 unspecified atom stereocenters. The monoisotopic (exact) mass is 648 g/mol. The quantitative estimate of drug-likeness (QED) is 0.129. The second-order valence-corrected chi connectivity index (χ2v) is 15.7. The van der Waals surface area contributed by atoms with Crippen molar-refractivity contribution in [3.8, 4) is 0 Å². The first-order valence-electron chi connectivity index (χ1n) is 19.0. The summed E-state index contributed by atoms with van der Waals surface area (Å²) >= 11 is 0. The Bertz CT molecular complexity index is 1160. The number of aliphatic carboxylic acids is 1. The van der Waals surface area contributed by atoms with Crippen LogP contribution in [0.4, 0.5) is 0 Å². The summed E-state index contributed by atoms with van der Waals surface area (Å²) in [6, 6.07) is 0. The second-order valence-electron chi connectivity index (χ2n) is 15.7. The van der Waals surface area contributed by atoms with Crippen LogP contribution in [0, 0.1) is 46.3 Å². The highest BCUT2D eigenvalue weighted by Crippen LogP contribution is 2.68. The van der Waals surface area contributed by atoms with Crippen LogP contribution in [-0.2, 0) is 14.3 Å². The van der Waals surface area contributed by atoms with E-state index >= 15 is 0 Å². The third-order valence-electron chi connectivity index (χ3n) is 13.0. The molecule has 5 nitrogen and oxygen atoms in total.